The number of benzene rings is 1. The first-order chi connectivity index (χ1) is 15.0. The van der Waals surface area contributed by atoms with Crippen molar-refractivity contribution in [1.29, 1.82) is 5.26 Å². The number of ether oxygens (including phenoxy) is 1. The molecule has 0 radical (unpaired) electrons. The molecule has 0 saturated heterocycles. The minimum absolute atomic E-state index is 0.112. The minimum Gasteiger partial charge on any atom is -0.496 e. The molecular formula is C24H30N4O3. The van der Waals surface area contributed by atoms with Crippen LogP contribution in [0.2, 0.25) is 0 Å². The van der Waals surface area contributed by atoms with Crippen molar-refractivity contribution in [3.05, 3.63) is 41.5 Å². The second-order valence-corrected chi connectivity index (χ2v) is 8.31. The van der Waals surface area contributed by atoms with Crippen LogP contribution >= 0.6 is 0 Å². The van der Waals surface area contributed by atoms with Gasteiger partial charge in [0.1, 0.15) is 5.75 Å². The highest BCUT2D eigenvalue weighted by molar-refractivity contribution is 5.98. The van der Waals surface area contributed by atoms with Gasteiger partial charge in [-0.2, -0.15) is 5.26 Å². The van der Waals surface area contributed by atoms with E-state index in [1.54, 1.807) is 19.4 Å². The number of hydrogen-bond donors (Lipinski definition) is 3. The SMILES string of the molecule is COc1cc(N)c(C=NC2CCC(O)(CC#N)CC2)cc1/C=C/C=C\C(=N\O)C1CC1. The standard InChI is InChI=1S/C24H30N4O3/c1-31-23-15-21(26)19(16-27-20-8-10-24(29,11-9-20)12-13-25)14-18(23)4-2-3-5-22(28-30)17-6-7-17/h2-5,14-17,20,29-30H,6-12,26H2,1H3/b4-2+,5-3-,27-16?,28-22-. The van der Waals surface area contributed by atoms with Gasteiger partial charge < -0.3 is 20.8 Å². The van der Waals surface area contributed by atoms with Crippen molar-refractivity contribution in [2.45, 2.75) is 56.6 Å². The molecule has 2 fully saturated rings. The Morgan fingerprint density at radius 1 is 1.26 bits per heavy atom. The van der Waals surface area contributed by atoms with Crippen molar-refractivity contribution in [2.24, 2.45) is 16.1 Å². The summed E-state index contributed by atoms with van der Waals surface area (Å²) in [5, 5.41) is 31.6. The van der Waals surface area contributed by atoms with Crippen molar-refractivity contribution in [2.75, 3.05) is 12.8 Å². The Hall–Kier alpha value is -3.11. The van der Waals surface area contributed by atoms with E-state index in [0.29, 0.717) is 35.9 Å². The number of aliphatic imine (C=N–C) groups is 1. The topological polar surface area (TPSA) is 124 Å². The molecule has 31 heavy (non-hydrogen) atoms. The molecule has 0 unspecified atom stereocenters. The molecular weight excluding hydrogens is 392 g/mol. The maximum absolute atomic E-state index is 10.4. The molecule has 0 spiro atoms. The van der Waals surface area contributed by atoms with Crippen LogP contribution in [0.15, 0.2) is 40.5 Å². The van der Waals surface area contributed by atoms with Crippen LogP contribution in [0.3, 0.4) is 0 Å². The third kappa shape index (κ3) is 6.19. The van der Waals surface area contributed by atoms with E-state index in [-0.39, 0.29) is 12.5 Å². The van der Waals surface area contributed by atoms with E-state index in [1.165, 1.54) is 0 Å². The number of methoxy groups -OCH3 is 1. The number of nitrogen functional groups attached to an aromatic ring is 1. The fourth-order valence-electron chi connectivity index (χ4n) is 3.79. The smallest absolute Gasteiger partial charge is 0.128 e. The van der Waals surface area contributed by atoms with E-state index in [9.17, 15) is 5.11 Å². The summed E-state index contributed by atoms with van der Waals surface area (Å²) in [7, 11) is 1.60. The molecule has 7 heteroatoms. The van der Waals surface area contributed by atoms with E-state index < -0.39 is 5.60 Å². The number of rotatable bonds is 8. The van der Waals surface area contributed by atoms with Crippen LogP contribution in [-0.4, -0.2) is 41.0 Å². The maximum atomic E-state index is 10.4. The summed E-state index contributed by atoms with van der Waals surface area (Å²) < 4.78 is 5.45. The van der Waals surface area contributed by atoms with Gasteiger partial charge in [-0.1, -0.05) is 23.4 Å². The molecule has 4 N–H and O–H groups in total. The fraction of sp³-hybridized carbons (Fsp3) is 0.458. The van der Waals surface area contributed by atoms with Crippen LogP contribution in [-0.2, 0) is 0 Å². The van der Waals surface area contributed by atoms with Gasteiger partial charge in [-0.15, -0.1) is 0 Å². The average molecular weight is 423 g/mol. The monoisotopic (exact) mass is 422 g/mol. The van der Waals surface area contributed by atoms with Gasteiger partial charge >= 0.3 is 0 Å². The molecule has 1 aromatic carbocycles. The first-order valence-corrected chi connectivity index (χ1v) is 10.6. The van der Waals surface area contributed by atoms with Crippen LogP contribution in [0, 0.1) is 17.2 Å². The van der Waals surface area contributed by atoms with Crippen LogP contribution in [0.4, 0.5) is 5.69 Å². The Morgan fingerprint density at radius 3 is 2.61 bits per heavy atom. The highest BCUT2D eigenvalue weighted by Crippen LogP contribution is 2.33. The summed E-state index contributed by atoms with van der Waals surface area (Å²) in [6.07, 6.45) is 14.2. The zero-order chi connectivity index (χ0) is 22.3. The van der Waals surface area contributed by atoms with Gasteiger partial charge in [-0.25, -0.2) is 0 Å². The summed E-state index contributed by atoms with van der Waals surface area (Å²) in [4.78, 5) is 4.67. The number of aliphatic hydroxyl groups is 1. The number of nitriles is 1. The van der Waals surface area contributed by atoms with E-state index in [4.69, 9.17) is 20.9 Å². The van der Waals surface area contributed by atoms with Gasteiger partial charge in [0.2, 0.25) is 0 Å². The summed E-state index contributed by atoms with van der Waals surface area (Å²) >= 11 is 0. The van der Waals surface area contributed by atoms with Gasteiger partial charge in [-0.05, 0) is 50.7 Å². The molecule has 0 bridgehead atoms. The lowest BCUT2D eigenvalue weighted by Crippen LogP contribution is -2.34. The van der Waals surface area contributed by atoms with Gasteiger partial charge in [0.15, 0.2) is 0 Å². The van der Waals surface area contributed by atoms with Gasteiger partial charge in [0.05, 0.1) is 37.0 Å². The van der Waals surface area contributed by atoms with Crippen molar-refractivity contribution < 1.29 is 15.1 Å². The fourth-order valence-corrected chi connectivity index (χ4v) is 3.79. The molecule has 164 valence electrons. The highest BCUT2D eigenvalue weighted by Gasteiger charge is 2.32. The lowest BCUT2D eigenvalue weighted by molar-refractivity contribution is 0.00446. The zero-order valence-electron chi connectivity index (χ0n) is 17.9. The van der Waals surface area contributed by atoms with Gasteiger partial charge in [-0.3, -0.25) is 4.99 Å². The molecule has 0 atom stereocenters. The molecule has 2 aliphatic carbocycles. The summed E-state index contributed by atoms with van der Waals surface area (Å²) in [5.74, 6) is 1.04. The number of allylic oxidation sites excluding steroid dienone is 3. The van der Waals surface area contributed by atoms with Crippen molar-refractivity contribution in [1.82, 2.24) is 0 Å². The van der Waals surface area contributed by atoms with E-state index in [0.717, 1.165) is 36.8 Å². The van der Waals surface area contributed by atoms with Gasteiger partial charge in [0, 0.05) is 35.0 Å². The van der Waals surface area contributed by atoms with Crippen LogP contribution < -0.4 is 10.5 Å². The zero-order valence-corrected chi connectivity index (χ0v) is 17.9. The summed E-state index contributed by atoms with van der Waals surface area (Å²) in [5.41, 5.74) is 8.27. The first kappa shape index (κ1) is 22.6. The number of anilines is 1. The second kappa shape index (κ2) is 10.3. The molecule has 0 aliphatic heterocycles. The number of hydrogen-bond acceptors (Lipinski definition) is 7. The van der Waals surface area contributed by atoms with Crippen LogP contribution in [0.1, 0.15) is 56.1 Å². The normalized spacial score (nSPS) is 24.8. The number of nitrogens with zero attached hydrogens (tertiary/aromatic N) is 3. The molecule has 0 amide bonds. The molecule has 2 saturated carbocycles. The Balaban J connectivity index is 1.69. The van der Waals surface area contributed by atoms with Crippen LogP contribution in [0.5, 0.6) is 5.75 Å². The second-order valence-electron chi connectivity index (χ2n) is 8.31. The minimum atomic E-state index is -0.870. The third-order valence-electron chi connectivity index (χ3n) is 5.92. The number of nitrogens with two attached hydrogens (primary N) is 1. The maximum Gasteiger partial charge on any atom is 0.128 e. The van der Waals surface area contributed by atoms with E-state index in [1.807, 2.05) is 30.4 Å². The van der Waals surface area contributed by atoms with Crippen LogP contribution in [0.25, 0.3) is 6.08 Å². The average Bonchev–Trinajstić information content (AvgIpc) is 3.60. The largest absolute Gasteiger partial charge is 0.496 e. The molecule has 3 rings (SSSR count). The first-order valence-electron chi connectivity index (χ1n) is 10.6. The third-order valence-corrected chi connectivity index (χ3v) is 5.92. The van der Waals surface area contributed by atoms with E-state index >= 15 is 0 Å². The predicted octanol–water partition coefficient (Wildman–Crippen LogP) is 4.09. The summed E-state index contributed by atoms with van der Waals surface area (Å²) in [6.45, 7) is 0. The molecule has 1 aromatic rings. The number of oxime groups is 1. The molecule has 7 nitrogen and oxygen atoms in total. The van der Waals surface area contributed by atoms with E-state index in [2.05, 4.69) is 16.2 Å². The highest BCUT2D eigenvalue weighted by atomic mass is 16.5. The lowest BCUT2D eigenvalue weighted by Gasteiger charge is -2.32. The molecule has 2 aliphatic rings. The lowest BCUT2D eigenvalue weighted by atomic mass is 9.81. The predicted molar refractivity (Wildman–Crippen MR) is 123 cm³/mol. The summed E-state index contributed by atoms with van der Waals surface area (Å²) in [6, 6.07) is 5.89. The Kier molecular flexibility index (Phi) is 7.48. The van der Waals surface area contributed by atoms with Crippen molar-refractivity contribution >= 4 is 23.7 Å². The van der Waals surface area contributed by atoms with Gasteiger partial charge in [0.25, 0.3) is 0 Å². The van der Waals surface area contributed by atoms with Crippen molar-refractivity contribution in [3.8, 4) is 11.8 Å². The Bertz CT molecular complexity index is 931. The van der Waals surface area contributed by atoms with Crippen molar-refractivity contribution in [3.63, 3.8) is 0 Å². The Labute approximate surface area is 183 Å². The quantitative estimate of drug-likeness (QED) is 0.191. The molecule has 0 aromatic heterocycles. The molecule has 0 heterocycles. The Morgan fingerprint density at radius 2 is 2.00 bits per heavy atom.